The number of fused-ring (bicyclic) bond motifs is 3. The fraction of sp³-hybridized carbons (Fsp3) is 0.125. The Labute approximate surface area is 176 Å². The molecule has 0 fully saturated rings. The molecule has 1 aliphatic rings. The van der Waals surface area contributed by atoms with Crippen LogP contribution in [-0.4, -0.2) is 15.5 Å². The summed E-state index contributed by atoms with van der Waals surface area (Å²) in [5.74, 6) is 1.09. The number of carbonyl (C=O) groups excluding carboxylic acids is 1. The van der Waals surface area contributed by atoms with Gasteiger partial charge in [0.05, 0.1) is 17.1 Å². The Kier molecular flexibility index (Phi) is 4.43. The fourth-order valence-corrected chi connectivity index (χ4v) is 4.01. The third-order valence-corrected chi connectivity index (χ3v) is 5.51. The van der Waals surface area contributed by atoms with Crippen LogP contribution in [0.5, 0.6) is 11.5 Å². The minimum Gasteiger partial charge on any atom is -0.457 e. The normalized spacial score (nSPS) is 12.7. The minimum atomic E-state index is -0.709. The summed E-state index contributed by atoms with van der Waals surface area (Å²) in [4.78, 5) is 39.8. The zero-order valence-electron chi connectivity index (χ0n) is 16.7. The number of amides is 1. The third kappa shape index (κ3) is 3.11. The summed E-state index contributed by atoms with van der Waals surface area (Å²) in [6, 6.07) is 19.7. The Balaban J connectivity index is 1.55. The molecule has 1 aliphatic heterocycles. The lowest BCUT2D eigenvalue weighted by atomic mass is 9.94. The Bertz CT molecular complexity index is 1410. The van der Waals surface area contributed by atoms with Crippen LogP contribution in [0.1, 0.15) is 34.5 Å². The zero-order chi connectivity index (χ0) is 21.5. The Morgan fingerprint density at radius 1 is 1.00 bits per heavy atom. The number of H-pyrrole nitrogens is 1. The van der Waals surface area contributed by atoms with Crippen LogP contribution in [0, 0.1) is 0 Å². The van der Waals surface area contributed by atoms with Crippen molar-refractivity contribution >= 4 is 16.9 Å². The second-order valence-electron chi connectivity index (χ2n) is 7.32. The smallest absolute Gasteiger partial charge is 0.316 e. The summed E-state index contributed by atoms with van der Waals surface area (Å²) in [6.45, 7) is 2.15. The van der Waals surface area contributed by atoms with Crippen molar-refractivity contribution in [2.24, 2.45) is 0 Å². The van der Waals surface area contributed by atoms with Gasteiger partial charge in [-0.05, 0) is 37.3 Å². The van der Waals surface area contributed by atoms with E-state index < -0.39 is 11.1 Å². The van der Waals surface area contributed by atoms with Crippen LogP contribution in [0.25, 0.3) is 11.0 Å². The molecule has 0 atom stereocenters. The molecule has 0 bridgehead atoms. The highest BCUT2D eigenvalue weighted by molar-refractivity contribution is 5.97. The van der Waals surface area contributed by atoms with E-state index in [2.05, 4.69) is 10.3 Å². The lowest BCUT2D eigenvalue weighted by molar-refractivity contribution is 0.0941. The van der Waals surface area contributed by atoms with Gasteiger partial charge in [0, 0.05) is 23.2 Å². The topological polar surface area (TPSA) is 93.2 Å². The van der Waals surface area contributed by atoms with Gasteiger partial charge in [-0.2, -0.15) is 0 Å². The highest BCUT2D eigenvalue weighted by Gasteiger charge is 2.28. The number of para-hydroxylation sites is 2. The van der Waals surface area contributed by atoms with E-state index in [1.165, 1.54) is 4.57 Å². The molecule has 0 aliphatic carbocycles. The lowest BCUT2D eigenvalue weighted by Crippen LogP contribution is -2.36. The second kappa shape index (κ2) is 7.28. The molecule has 0 saturated heterocycles. The van der Waals surface area contributed by atoms with Crippen molar-refractivity contribution in [3.8, 4) is 11.5 Å². The van der Waals surface area contributed by atoms with E-state index in [9.17, 15) is 14.4 Å². The summed E-state index contributed by atoms with van der Waals surface area (Å²) in [5.41, 5.74) is 1.80. The summed E-state index contributed by atoms with van der Waals surface area (Å²) >= 11 is 0. The molecule has 0 radical (unpaired) electrons. The first kappa shape index (κ1) is 18.9. The molecular formula is C24H19N3O4. The number of nitrogens with one attached hydrogen (secondary N) is 2. The van der Waals surface area contributed by atoms with E-state index in [0.29, 0.717) is 34.6 Å². The molecule has 2 heterocycles. The highest BCUT2D eigenvalue weighted by Crippen LogP contribution is 2.42. The first-order valence-corrected chi connectivity index (χ1v) is 10.00. The molecule has 2 N–H and O–H groups in total. The van der Waals surface area contributed by atoms with Gasteiger partial charge < -0.3 is 19.6 Å². The van der Waals surface area contributed by atoms with Gasteiger partial charge in [-0.15, -0.1) is 0 Å². The van der Waals surface area contributed by atoms with Gasteiger partial charge in [0.25, 0.3) is 5.91 Å². The maximum absolute atomic E-state index is 13.2. The van der Waals surface area contributed by atoms with Gasteiger partial charge in [-0.25, -0.2) is 0 Å². The molecule has 4 aromatic rings. The number of hydrogen-bond donors (Lipinski definition) is 2. The first-order chi connectivity index (χ1) is 15.1. The SMILES string of the molecule is CCn1c(=O)c(=O)[nH]c2cc(C(=O)NC3c4ccccc4Oc4ccccc43)ccc21. The number of ether oxygens (including phenoxy) is 1. The molecule has 1 amide bonds. The fourth-order valence-electron chi connectivity index (χ4n) is 4.01. The van der Waals surface area contributed by atoms with Crippen molar-refractivity contribution in [2.75, 3.05) is 0 Å². The van der Waals surface area contributed by atoms with Crippen LogP contribution >= 0.6 is 0 Å². The molecule has 0 spiro atoms. The van der Waals surface area contributed by atoms with Gasteiger partial charge in [-0.1, -0.05) is 36.4 Å². The van der Waals surface area contributed by atoms with Gasteiger partial charge >= 0.3 is 11.1 Å². The number of aromatic amines is 1. The molecule has 3 aromatic carbocycles. The van der Waals surface area contributed by atoms with E-state index in [-0.39, 0.29) is 11.9 Å². The first-order valence-electron chi connectivity index (χ1n) is 10.00. The number of aryl methyl sites for hydroxylation is 1. The minimum absolute atomic E-state index is 0.298. The molecule has 7 nitrogen and oxygen atoms in total. The Hall–Kier alpha value is -4.13. The molecule has 31 heavy (non-hydrogen) atoms. The van der Waals surface area contributed by atoms with E-state index in [4.69, 9.17) is 4.74 Å². The number of carbonyl (C=O) groups is 1. The predicted octanol–water partition coefficient (Wildman–Crippen LogP) is 3.33. The van der Waals surface area contributed by atoms with Crippen LogP contribution in [0.2, 0.25) is 0 Å². The van der Waals surface area contributed by atoms with Crippen molar-refractivity contribution < 1.29 is 9.53 Å². The second-order valence-corrected chi connectivity index (χ2v) is 7.32. The summed E-state index contributed by atoms with van der Waals surface area (Å²) in [6.07, 6.45) is 0. The van der Waals surface area contributed by atoms with E-state index in [1.807, 2.05) is 48.5 Å². The molecular weight excluding hydrogens is 394 g/mol. The highest BCUT2D eigenvalue weighted by atomic mass is 16.5. The van der Waals surface area contributed by atoms with E-state index >= 15 is 0 Å². The van der Waals surface area contributed by atoms with Gasteiger partial charge in [0.2, 0.25) is 0 Å². The summed E-state index contributed by atoms with van der Waals surface area (Å²) < 4.78 is 7.37. The lowest BCUT2D eigenvalue weighted by Gasteiger charge is -2.28. The molecule has 154 valence electrons. The average molecular weight is 413 g/mol. The predicted molar refractivity (Wildman–Crippen MR) is 117 cm³/mol. The third-order valence-electron chi connectivity index (χ3n) is 5.51. The number of aromatic nitrogens is 2. The van der Waals surface area contributed by atoms with Crippen molar-refractivity contribution in [1.82, 2.24) is 14.9 Å². The average Bonchev–Trinajstić information content (AvgIpc) is 2.79. The maximum Gasteiger partial charge on any atom is 0.316 e. The van der Waals surface area contributed by atoms with Crippen LogP contribution in [0.15, 0.2) is 76.3 Å². The quantitative estimate of drug-likeness (QED) is 0.504. The monoisotopic (exact) mass is 413 g/mol. The van der Waals surface area contributed by atoms with Crippen molar-refractivity contribution in [3.05, 3.63) is 104 Å². The van der Waals surface area contributed by atoms with E-state index in [0.717, 1.165) is 11.1 Å². The number of rotatable bonds is 3. The van der Waals surface area contributed by atoms with Crippen molar-refractivity contribution in [1.29, 1.82) is 0 Å². The van der Waals surface area contributed by atoms with Gasteiger partial charge in [0.15, 0.2) is 0 Å². The molecule has 1 aromatic heterocycles. The largest absolute Gasteiger partial charge is 0.457 e. The van der Waals surface area contributed by atoms with E-state index in [1.54, 1.807) is 25.1 Å². The van der Waals surface area contributed by atoms with Crippen molar-refractivity contribution in [3.63, 3.8) is 0 Å². The maximum atomic E-state index is 13.2. The van der Waals surface area contributed by atoms with Crippen LogP contribution in [0.3, 0.4) is 0 Å². The van der Waals surface area contributed by atoms with Crippen LogP contribution < -0.4 is 21.2 Å². The number of hydrogen-bond acceptors (Lipinski definition) is 4. The summed E-state index contributed by atoms with van der Waals surface area (Å²) in [7, 11) is 0. The summed E-state index contributed by atoms with van der Waals surface area (Å²) in [5, 5.41) is 3.09. The molecule has 0 saturated carbocycles. The Morgan fingerprint density at radius 3 is 2.29 bits per heavy atom. The van der Waals surface area contributed by atoms with Gasteiger partial charge in [0.1, 0.15) is 11.5 Å². The molecule has 7 heteroatoms. The standard InChI is InChI=1S/C24H19N3O4/c1-2-27-18-12-11-14(13-17(18)25-23(29)24(27)30)22(28)26-21-15-7-3-5-9-19(15)31-20-10-6-4-8-16(20)21/h3-13,21H,2H2,1H3,(H,25,29)(H,26,28). The Morgan fingerprint density at radius 2 is 1.65 bits per heavy atom. The zero-order valence-corrected chi connectivity index (χ0v) is 16.7. The van der Waals surface area contributed by atoms with Crippen molar-refractivity contribution in [2.45, 2.75) is 19.5 Å². The van der Waals surface area contributed by atoms with Crippen LogP contribution in [0.4, 0.5) is 0 Å². The molecule has 5 rings (SSSR count). The molecule has 0 unspecified atom stereocenters. The van der Waals surface area contributed by atoms with Crippen LogP contribution in [-0.2, 0) is 6.54 Å². The number of nitrogens with zero attached hydrogens (tertiary/aromatic N) is 1. The van der Waals surface area contributed by atoms with Gasteiger partial charge in [-0.3, -0.25) is 14.4 Å². The number of benzene rings is 3.